The van der Waals surface area contributed by atoms with E-state index >= 15 is 0 Å². The highest BCUT2D eigenvalue weighted by Crippen LogP contribution is 2.18. The molecule has 2 rings (SSSR count). The van der Waals surface area contributed by atoms with Gasteiger partial charge in [-0.25, -0.2) is 8.42 Å². The molecule has 0 radical (unpaired) electrons. The zero-order chi connectivity index (χ0) is 16.3. The van der Waals surface area contributed by atoms with Crippen molar-refractivity contribution in [3.63, 3.8) is 0 Å². The van der Waals surface area contributed by atoms with Gasteiger partial charge in [0.05, 0.1) is 4.90 Å². The number of likely N-dealkylation sites (N-methyl/N-ethyl adjacent to an activating group) is 1. The molecule has 0 aromatic heterocycles. The molecule has 1 aromatic carbocycles. The Morgan fingerprint density at radius 1 is 1.32 bits per heavy atom. The second-order valence-corrected chi connectivity index (χ2v) is 8.77. The topological polar surface area (TPSA) is 40.6 Å². The van der Waals surface area contributed by atoms with E-state index in [-0.39, 0.29) is 6.04 Å². The molecular weight excluding hydrogens is 336 g/mol. The van der Waals surface area contributed by atoms with E-state index in [1.54, 1.807) is 12.1 Å². The number of thiocarbonyl (C=S) groups is 1. The van der Waals surface area contributed by atoms with Gasteiger partial charge in [-0.05, 0) is 30.7 Å². The third-order valence-corrected chi connectivity index (χ3v) is 5.70. The zero-order valence-electron chi connectivity index (χ0n) is 12.9. The monoisotopic (exact) mass is 358 g/mol. The minimum atomic E-state index is -3.14. The van der Waals surface area contributed by atoms with E-state index in [2.05, 4.69) is 29.4 Å². The number of hydrogen-bond donors (Lipinski definition) is 1. The van der Waals surface area contributed by atoms with Crippen molar-refractivity contribution in [2.75, 3.05) is 32.4 Å². The first-order chi connectivity index (χ1) is 10.3. The standard InChI is InChI=1S/C15H22N2O2S3/c1-3-16-8-9-17(15(20)21)13(11-16)10-12-4-6-14(7-5-12)22(2,18)19/h4-7,13H,3,8-11H2,1-2H3,(H,20,21). The van der Waals surface area contributed by atoms with Crippen LogP contribution in [0.3, 0.4) is 0 Å². The summed E-state index contributed by atoms with van der Waals surface area (Å²) in [4.78, 5) is 4.92. The smallest absolute Gasteiger partial charge is 0.175 e. The summed E-state index contributed by atoms with van der Waals surface area (Å²) in [7, 11) is -3.14. The lowest BCUT2D eigenvalue weighted by Crippen LogP contribution is -2.54. The van der Waals surface area contributed by atoms with Crippen LogP contribution in [0.5, 0.6) is 0 Å². The first-order valence-corrected chi connectivity index (χ1v) is 10.1. The lowest BCUT2D eigenvalue weighted by Gasteiger charge is -2.41. The average Bonchev–Trinajstić information content (AvgIpc) is 2.46. The maximum Gasteiger partial charge on any atom is 0.175 e. The summed E-state index contributed by atoms with van der Waals surface area (Å²) in [6, 6.07) is 7.41. The molecule has 1 aliphatic heterocycles. The molecule has 1 heterocycles. The normalized spacial score (nSPS) is 20.1. The van der Waals surface area contributed by atoms with Crippen LogP contribution in [0.2, 0.25) is 0 Å². The third kappa shape index (κ3) is 4.44. The quantitative estimate of drug-likeness (QED) is 0.657. The molecule has 7 heteroatoms. The van der Waals surface area contributed by atoms with Crippen molar-refractivity contribution < 1.29 is 8.42 Å². The Balaban J connectivity index is 2.13. The number of sulfone groups is 1. The summed E-state index contributed by atoms with van der Waals surface area (Å²) in [5, 5.41) is 0. The molecule has 0 saturated carbocycles. The van der Waals surface area contributed by atoms with Crippen molar-refractivity contribution in [2.45, 2.75) is 24.3 Å². The van der Waals surface area contributed by atoms with E-state index in [0.717, 1.165) is 38.2 Å². The van der Waals surface area contributed by atoms with Crippen LogP contribution in [-0.2, 0) is 16.3 Å². The first-order valence-electron chi connectivity index (χ1n) is 7.32. The Kier molecular flexibility index (Phi) is 5.87. The molecule has 1 aliphatic rings. The Hall–Kier alpha value is -0.630. The highest BCUT2D eigenvalue weighted by molar-refractivity contribution is 8.10. The van der Waals surface area contributed by atoms with Crippen molar-refractivity contribution in [1.29, 1.82) is 0 Å². The van der Waals surface area contributed by atoms with Gasteiger partial charge in [-0.2, -0.15) is 0 Å². The van der Waals surface area contributed by atoms with Gasteiger partial charge in [0.2, 0.25) is 0 Å². The highest BCUT2D eigenvalue weighted by Gasteiger charge is 2.27. The van der Waals surface area contributed by atoms with Gasteiger partial charge in [0, 0.05) is 31.9 Å². The van der Waals surface area contributed by atoms with Gasteiger partial charge in [-0.15, -0.1) is 12.6 Å². The van der Waals surface area contributed by atoms with Crippen LogP contribution < -0.4 is 0 Å². The van der Waals surface area contributed by atoms with Crippen LogP contribution >= 0.6 is 24.8 Å². The summed E-state index contributed by atoms with van der Waals surface area (Å²) in [6.45, 7) is 6.03. The fourth-order valence-electron chi connectivity index (χ4n) is 2.78. The summed E-state index contributed by atoms with van der Waals surface area (Å²) >= 11 is 9.58. The molecule has 0 amide bonds. The molecule has 1 fully saturated rings. The maximum absolute atomic E-state index is 11.5. The molecule has 0 N–H and O–H groups in total. The molecule has 0 aliphatic carbocycles. The zero-order valence-corrected chi connectivity index (χ0v) is 15.4. The number of nitrogens with zero attached hydrogens (tertiary/aromatic N) is 2. The number of thiol groups is 1. The Bertz CT molecular complexity index is 629. The predicted octanol–water partition coefficient (Wildman–Crippen LogP) is 1.85. The van der Waals surface area contributed by atoms with E-state index in [1.807, 2.05) is 12.1 Å². The lowest BCUT2D eigenvalue weighted by atomic mass is 10.0. The molecule has 4 nitrogen and oxygen atoms in total. The second-order valence-electron chi connectivity index (χ2n) is 5.64. The van der Waals surface area contributed by atoms with Gasteiger partial charge in [-0.3, -0.25) is 4.90 Å². The summed E-state index contributed by atoms with van der Waals surface area (Å²) in [5.74, 6) is 0. The Morgan fingerprint density at radius 3 is 2.45 bits per heavy atom. The fraction of sp³-hybridized carbons (Fsp3) is 0.533. The number of rotatable bonds is 4. The molecule has 1 atom stereocenters. The van der Waals surface area contributed by atoms with E-state index in [1.165, 1.54) is 6.26 Å². The largest absolute Gasteiger partial charge is 0.352 e. The van der Waals surface area contributed by atoms with E-state index in [0.29, 0.717) is 9.22 Å². The van der Waals surface area contributed by atoms with Crippen molar-refractivity contribution in [2.24, 2.45) is 0 Å². The summed E-state index contributed by atoms with van der Waals surface area (Å²) < 4.78 is 23.7. The SMILES string of the molecule is CCN1CCN(C(=S)S)C(Cc2ccc(S(C)(=O)=O)cc2)C1. The molecule has 122 valence electrons. The number of hydrogen-bond acceptors (Lipinski definition) is 4. The van der Waals surface area contributed by atoms with E-state index in [9.17, 15) is 8.42 Å². The molecule has 22 heavy (non-hydrogen) atoms. The van der Waals surface area contributed by atoms with Crippen molar-refractivity contribution in [1.82, 2.24) is 9.80 Å². The Morgan fingerprint density at radius 2 is 1.95 bits per heavy atom. The lowest BCUT2D eigenvalue weighted by molar-refractivity contribution is 0.136. The average molecular weight is 359 g/mol. The Labute approximate surface area is 143 Å². The maximum atomic E-state index is 11.5. The molecule has 1 aromatic rings. The van der Waals surface area contributed by atoms with Crippen LogP contribution in [0.4, 0.5) is 0 Å². The van der Waals surface area contributed by atoms with Crippen LogP contribution in [-0.4, -0.2) is 61.0 Å². The first kappa shape index (κ1) is 17.7. The third-order valence-electron chi connectivity index (χ3n) is 4.08. The molecular formula is C15H22N2O2S3. The van der Waals surface area contributed by atoms with Crippen molar-refractivity contribution in [3.05, 3.63) is 29.8 Å². The second kappa shape index (κ2) is 7.29. The highest BCUT2D eigenvalue weighted by atomic mass is 32.2. The molecule has 1 saturated heterocycles. The molecule has 0 spiro atoms. The van der Waals surface area contributed by atoms with Crippen LogP contribution in [0.25, 0.3) is 0 Å². The van der Waals surface area contributed by atoms with Crippen LogP contribution in [0.1, 0.15) is 12.5 Å². The van der Waals surface area contributed by atoms with Gasteiger partial charge in [0.1, 0.15) is 4.32 Å². The fourth-order valence-corrected chi connectivity index (χ4v) is 3.91. The van der Waals surface area contributed by atoms with Gasteiger partial charge in [0.15, 0.2) is 9.84 Å². The van der Waals surface area contributed by atoms with Gasteiger partial charge >= 0.3 is 0 Å². The van der Waals surface area contributed by atoms with Gasteiger partial charge < -0.3 is 4.90 Å². The van der Waals surface area contributed by atoms with Gasteiger partial charge in [0.25, 0.3) is 0 Å². The van der Waals surface area contributed by atoms with Gasteiger partial charge in [-0.1, -0.05) is 31.3 Å². The van der Waals surface area contributed by atoms with E-state index < -0.39 is 9.84 Å². The minimum absolute atomic E-state index is 0.280. The van der Waals surface area contributed by atoms with Crippen molar-refractivity contribution >= 4 is 39.0 Å². The molecule has 0 bridgehead atoms. The molecule has 1 unspecified atom stereocenters. The van der Waals surface area contributed by atoms with E-state index in [4.69, 9.17) is 12.2 Å². The van der Waals surface area contributed by atoms with Crippen LogP contribution in [0, 0.1) is 0 Å². The predicted molar refractivity (Wildman–Crippen MR) is 97.4 cm³/mol. The summed E-state index contributed by atoms with van der Waals surface area (Å²) in [5.41, 5.74) is 1.12. The summed E-state index contributed by atoms with van der Waals surface area (Å²) in [6.07, 6.45) is 2.06. The minimum Gasteiger partial charge on any atom is -0.352 e. The van der Waals surface area contributed by atoms with Crippen molar-refractivity contribution in [3.8, 4) is 0 Å². The van der Waals surface area contributed by atoms with Crippen LogP contribution in [0.15, 0.2) is 29.2 Å². The number of benzene rings is 1. The number of piperazine rings is 1.